The molecule has 2 aliphatic heterocycles. The molecule has 2 saturated heterocycles. The second-order valence-electron chi connectivity index (χ2n) is 6.19. The van der Waals surface area contributed by atoms with Crippen molar-refractivity contribution in [3.05, 3.63) is 0 Å². The quantitative estimate of drug-likeness (QED) is 0.765. The van der Waals surface area contributed by atoms with E-state index in [9.17, 15) is 4.79 Å². The summed E-state index contributed by atoms with van der Waals surface area (Å²) in [6.07, 6.45) is 4.10. The van der Waals surface area contributed by atoms with Gasteiger partial charge in [0.2, 0.25) is 0 Å². The lowest BCUT2D eigenvalue weighted by atomic mass is 9.96. The van der Waals surface area contributed by atoms with Crippen LogP contribution in [0.4, 0.5) is 0 Å². The number of nitrogens with zero attached hydrogens (tertiary/aromatic N) is 1. The molecule has 5 heteroatoms. The van der Waals surface area contributed by atoms with Gasteiger partial charge in [0, 0.05) is 19.0 Å². The molecule has 2 heterocycles. The first-order valence-electron chi connectivity index (χ1n) is 7.87. The molecule has 3 aliphatic rings. The molecule has 0 aromatic heterocycles. The van der Waals surface area contributed by atoms with Gasteiger partial charge in [0.25, 0.3) is 5.91 Å². The number of hydrogen-bond donors (Lipinski definition) is 0. The first-order chi connectivity index (χ1) is 9.74. The molecule has 0 bridgehead atoms. The highest BCUT2D eigenvalue weighted by molar-refractivity contribution is 5.80. The zero-order valence-electron chi connectivity index (χ0n) is 12.3. The van der Waals surface area contributed by atoms with E-state index < -0.39 is 0 Å². The number of piperidine rings is 1. The number of carbonyl (C=O) groups is 1. The van der Waals surface area contributed by atoms with E-state index in [0.29, 0.717) is 25.0 Å². The second-order valence-corrected chi connectivity index (χ2v) is 6.19. The van der Waals surface area contributed by atoms with Crippen LogP contribution < -0.4 is 0 Å². The molecule has 3 rings (SSSR count). The number of ether oxygens (including phenoxy) is 3. The Kier molecular flexibility index (Phi) is 4.58. The van der Waals surface area contributed by atoms with Crippen molar-refractivity contribution in [3.8, 4) is 0 Å². The number of amides is 1. The smallest absolute Gasteiger partial charge is 0.251 e. The lowest BCUT2D eigenvalue weighted by Gasteiger charge is -2.35. The zero-order valence-corrected chi connectivity index (χ0v) is 12.3. The Bertz CT molecular complexity index is 331. The van der Waals surface area contributed by atoms with Crippen LogP contribution in [-0.2, 0) is 19.0 Å². The van der Waals surface area contributed by atoms with Crippen LogP contribution in [-0.4, -0.2) is 56.1 Å². The van der Waals surface area contributed by atoms with Gasteiger partial charge in [0.15, 0.2) is 6.29 Å². The fraction of sp³-hybridized carbons (Fsp3) is 0.933. The van der Waals surface area contributed by atoms with Crippen LogP contribution in [0, 0.1) is 11.8 Å². The molecule has 3 fully saturated rings. The highest BCUT2D eigenvalue weighted by Crippen LogP contribution is 2.30. The molecule has 114 valence electrons. The van der Waals surface area contributed by atoms with E-state index in [1.165, 1.54) is 12.8 Å². The first kappa shape index (κ1) is 14.3. The molecule has 0 aromatic rings. The molecule has 0 spiro atoms. The monoisotopic (exact) mass is 283 g/mol. The zero-order chi connectivity index (χ0) is 13.9. The van der Waals surface area contributed by atoms with Crippen molar-refractivity contribution in [2.24, 2.45) is 11.8 Å². The van der Waals surface area contributed by atoms with Gasteiger partial charge in [-0.15, -0.1) is 0 Å². The Morgan fingerprint density at radius 2 is 1.85 bits per heavy atom. The minimum absolute atomic E-state index is 0.0456. The molecular formula is C15H25NO4. The van der Waals surface area contributed by atoms with Gasteiger partial charge in [-0.05, 0) is 38.5 Å². The molecule has 0 aromatic carbocycles. The second kappa shape index (κ2) is 6.41. The third-order valence-electron chi connectivity index (χ3n) is 4.51. The molecule has 0 radical (unpaired) electrons. The predicted molar refractivity (Wildman–Crippen MR) is 73.1 cm³/mol. The van der Waals surface area contributed by atoms with Gasteiger partial charge < -0.3 is 19.1 Å². The average Bonchev–Trinajstić information content (AvgIpc) is 3.16. The van der Waals surface area contributed by atoms with Crippen molar-refractivity contribution in [1.29, 1.82) is 0 Å². The van der Waals surface area contributed by atoms with Crippen LogP contribution in [0.25, 0.3) is 0 Å². The summed E-state index contributed by atoms with van der Waals surface area (Å²) in [5.74, 6) is 1.27. The summed E-state index contributed by atoms with van der Waals surface area (Å²) in [6.45, 7) is 5.62. The van der Waals surface area contributed by atoms with E-state index >= 15 is 0 Å². The molecule has 1 atom stereocenters. The first-order valence-corrected chi connectivity index (χ1v) is 7.87. The minimum Gasteiger partial charge on any atom is -0.368 e. The van der Waals surface area contributed by atoms with Gasteiger partial charge in [0.05, 0.1) is 19.8 Å². The van der Waals surface area contributed by atoms with Crippen molar-refractivity contribution >= 4 is 5.91 Å². The summed E-state index contributed by atoms with van der Waals surface area (Å²) < 4.78 is 16.8. The van der Waals surface area contributed by atoms with Crippen LogP contribution >= 0.6 is 0 Å². The summed E-state index contributed by atoms with van der Waals surface area (Å²) in [5.41, 5.74) is 0. The van der Waals surface area contributed by atoms with Gasteiger partial charge in [-0.2, -0.15) is 0 Å². The number of likely N-dealkylation sites (tertiary alicyclic amines) is 1. The molecule has 1 unspecified atom stereocenters. The third-order valence-corrected chi connectivity index (χ3v) is 4.51. The number of rotatable bonds is 5. The van der Waals surface area contributed by atoms with Crippen LogP contribution in [0.2, 0.25) is 0 Å². The normalized spacial score (nSPS) is 26.9. The van der Waals surface area contributed by atoms with Crippen molar-refractivity contribution in [2.45, 2.75) is 45.0 Å². The predicted octanol–water partition coefficient (Wildman–Crippen LogP) is 1.41. The Morgan fingerprint density at radius 1 is 1.20 bits per heavy atom. The minimum atomic E-state index is -0.300. The number of carbonyl (C=O) groups excluding carboxylic acids is 1. The van der Waals surface area contributed by atoms with Gasteiger partial charge in [-0.25, -0.2) is 0 Å². The SMILES string of the molecule is CC(OCC1CC1)C(=O)N1CCC(C2OCCO2)CC1. The molecule has 1 amide bonds. The molecule has 20 heavy (non-hydrogen) atoms. The van der Waals surface area contributed by atoms with Gasteiger partial charge in [-0.1, -0.05) is 0 Å². The van der Waals surface area contributed by atoms with E-state index in [0.717, 1.165) is 32.5 Å². The fourth-order valence-electron chi connectivity index (χ4n) is 2.93. The molecular weight excluding hydrogens is 258 g/mol. The van der Waals surface area contributed by atoms with Crippen LogP contribution in [0.15, 0.2) is 0 Å². The highest BCUT2D eigenvalue weighted by Gasteiger charge is 2.33. The summed E-state index contributed by atoms with van der Waals surface area (Å²) in [7, 11) is 0. The van der Waals surface area contributed by atoms with Gasteiger partial charge in [0.1, 0.15) is 6.10 Å². The summed E-state index contributed by atoms with van der Waals surface area (Å²) in [4.78, 5) is 14.2. The Labute approximate surface area is 120 Å². The third kappa shape index (κ3) is 3.51. The standard InChI is InChI=1S/C15H25NO4/c1-11(20-10-12-2-3-12)14(17)16-6-4-13(5-7-16)15-18-8-9-19-15/h11-13,15H,2-10H2,1H3. The van der Waals surface area contributed by atoms with E-state index in [1.54, 1.807) is 0 Å². The van der Waals surface area contributed by atoms with Crippen molar-refractivity contribution in [1.82, 2.24) is 4.90 Å². The van der Waals surface area contributed by atoms with E-state index in [2.05, 4.69) is 0 Å². The van der Waals surface area contributed by atoms with Gasteiger partial charge in [-0.3, -0.25) is 4.79 Å². The van der Waals surface area contributed by atoms with Crippen LogP contribution in [0.5, 0.6) is 0 Å². The van der Waals surface area contributed by atoms with Crippen molar-refractivity contribution < 1.29 is 19.0 Å². The Morgan fingerprint density at radius 3 is 2.45 bits per heavy atom. The van der Waals surface area contributed by atoms with E-state index in [1.807, 2.05) is 11.8 Å². The molecule has 5 nitrogen and oxygen atoms in total. The topological polar surface area (TPSA) is 48.0 Å². The summed E-state index contributed by atoms with van der Waals surface area (Å²) in [6, 6.07) is 0. The molecule has 1 aliphatic carbocycles. The van der Waals surface area contributed by atoms with E-state index in [4.69, 9.17) is 14.2 Å². The van der Waals surface area contributed by atoms with Crippen LogP contribution in [0.3, 0.4) is 0 Å². The van der Waals surface area contributed by atoms with Gasteiger partial charge >= 0.3 is 0 Å². The Balaban J connectivity index is 1.40. The maximum absolute atomic E-state index is 12.3. The summed E-state index contributed by atoms with van der Waals surface area (Å²) >= 11 is 0. The average molecular weight is 283 g/mol. The lowest BCUT2D eigenvalue weighted by molar-refractivity contribution is -0.147. The maximum atomic E-state index is 12.3. The molecule has 1 saturated carbocycles. The lowest BCUT2D eigenvalue weighted by Crippen LogP contribution is -2.45. The maximum Gasteiger partial charge on any atom is 0.251 e. The van der Waals surface area contributed by atoms with Crippen molar-refractivity contribution in [3.63, 3.8) is 0 Å². The van der Waals surface area contributed by atoms with E-state index in [-0.39, 0.29) is 18.3 Å². The van der Waals surface area contributed by atoms with Crippen LogP contribution in [0.1, 0.15) is 32.6 Å². The summed E-state index contributed by atoms with van der Waals surface area (Å²) in [5, 5.41) is 0. The van der Waals surface area contributed by atoms with Crippen molar-refractivity contribution in [2.75, 3.05) is 32.9 Å². The Hall–Kier alpha value is -0.650. The largest absolute Gasteiger partial charge is 0.368 e. The molecule has 0 N–H and O–H groups in total. The number of hydrogen-bond acceptors (Lipinski definition) is 4. The highest BCUT2D eigenvalue weighted by atomic mass is 16.7. The fourth-order valence-corrected chi connectivity index (χ4v) is 2.93.